The lowest BCUT2D eigenvalue weighted by atomic mass is 9.71. The Morgan fingerprint density at radius 1 is 1.25 bits per heavy atom. The minimum Gasteiger partial charge on any atom is -0.321 e. The minimum atomic E-state index is -0.218. The summed E-state index contributed by atoms with van der Waals surface area (Å²) in [6.45, 7) is 6.54. The van der Waals surface area contributed by atoms with Crippen molar-refractivity contribution in [2.75, 3.05) is 0 Å². The quantitative estimate of drug-likeness (QED) is 0.785. The molecule has 0 aromatic heterocycles. The molecule has 2 heteroatoms. The summed E-state index contributed by atoms with van der Waals surface area (Å²) in [5, 5.41) is 0.824. The van der Waals surface area contributed by atoms with Gasteiger partial charge in [0.1, 0.15) is 0 Å². The van der Waals surface area contributed by atoms with Crippen molar-refractivity contribution < 1.29 is 0 Å². The largest absolute Gasteiger partial charge is 0.321 e. The van der Waals surface area contributed by atoms with Crippen LogP contribution in [0, 0.1) is 12.3 Å². The van der Waals surface area contributed by atoms with Gasteiger partial charge in [0.15, 0.2) is 0 Å². The average Bonchev–Trinajstić information content (AvgIpc) is 2.47. The van der Waals surface area contributed by atoms with Gasteiger partial charge in [-0.2, -0.15) is 0 Å². The molecular weight excluding hydrogens is 218 g/mol. The number of benzene rings is 1. The van der Waals surface area contributed by atoms with Crippen LogP contribution in [0.5, 0.6) is 0 Å². The fourth-order valence-electron chi connectivity index (χ4n) is 2.78. The molecule has 16 heavy (non-hydrogen) atoms. The summed E-state index contributed by atoms with van der Waals surface area (Å²) in [6.07, 6.45) is 3.45. The van der Waals surface area contributed by atoms with E-state index in [9.17, 15) is 0 Å². The summed E-state index contributed by atoms with van der Waals surface area (Å²) < 4.78 is 0. The highest BCUT2D eigenvalue weighted by Crippen LogP contribution is 2.50. The summed E-state index contributed by atoms with van der Waals surface area (Å²) in [6, 6.07) is 6.25. The lowest BCUT2D eigenvalue weighted by Crippen LogP contribution is -2.45. The maximum atomic E-state index is 6.62. The lowest BCUT2D eigenvalue weighted by molar-refractivity contribution is 0.210. The van der Waals surface area contributed by atoms with Crippen LogP contribution < -0.4 is 5.73 Å². The van der Waals surface area contributed by atoms with E-state index in [1.165, 1.54) is 18.4 Å². The second kappa shape index (κ2) is 3.75. The predicted octanol–water partition coefficient (Wildman–Crippen LogP) is 4.01. The number of halogens is 1. The number of hydrogen-bond acceptors (Lipinski definition) is 1. The molecule has 0 amide bonds. The van der Waals surface area contributed by atoms with Gasteiger partial charge in [-0.1, -0.05) is 44.0 Å². The topological polar surface area (TPSA) is 26.0 Å². The zero-order valence-electron chi connectivity index (χ0n) is 10.3. The zero-order valence-corrected chi connectivity index (χ0v) is 11.1. The predicted molar refractivity (Wildman–Crippen MR) is 69.7 cm³/mol. The molecular formula is C14H20ClN. The SMILES string of the molecule is Cc1ccc(C2(N)CCCC2(C)C)cc1Cl. The first-order valence-electron chi connectivity index (χ1n) is 5.92. The molecule has 1 saturated carbocycles. The van der Waals surface area contributed by atoms with Crippen LogP contribution in [-0.4, -0.2) is 0 Å². The standard InChI is InChI=1S/C14H20ClN/c1-10-5-6-11(9-12(10)15)14(16)8-4-7-13(14,2)3/h5-6,9H,4,7-8,16H2,1-3H3. The Kier molecular flexibility index (Phi) is 2.80. The van der Waals surface area contributed by atoms with Crippen molar-refractivity contribution in [3.8, 4) is 0 Å². The highest BCUT2D eigenvalue weighted by Gasteiger charge is 2.46. The first-order chi connectivity index (χ1) is 7.37. The Labute approximate surface area is 103 Å². The van der Waals surface area contributed by atoms with Crippen molar-refractivity contribution in [2.24, 2.45) is 11.1 Å². The fraction of sp³-hybridized carbons (Fsp3) is 0.571. The molecule has 88 valence electrons. The third-order valence-electron chi connectivity index (χ3n) is 4.27. The Hall–Kier alpha value is -0.530. The number of hydrogen-bond donors (Lipinski definition) is 1. The van der Waals surface area contributed by atoms with Gasteiger partial charge >= 0.3 is 0 Å². The van der Waals surface area contributed by atoms with Crippen LogP contribution in [0.15, 0.2) is 18.2 Å². The molecule has 2 rings (SSSR count). The summed E-state index contributed by atoms with van der Waals surface area (Å²) in [4.78, 5) is 0. The van der Waals surface area contributed by atoms with E-state index in [0.717, 1.165) is 17.0 Å². The number of aryl methyl sites for hydroxylation is 1. The van der Waals surface area contributed by atoms with Gasteiger partial charge in [-0.3, -0.25) is 0 Å². The molecule has 0 heterocycles. The van der Waals surface area contributed by atoms with Crippen LogP contribution in [0.2, 0.25) is 5.02 Å². The molecule has 1 aromatic rings. The van der Waals surface area contributed by atoms with E-state index in [1.807, 2.05) is 13.0 Å². The number of nitrogens with two attached hydrogens (primary N) is 1. The van der Waals surface area contributed by atoms with Crippen molar-refractivity contribution in [1.29, 1.82) is 0 Å². The lowest BCUT2D eigenvalue weighted by Gasteiger charge is -2.39. The number of rotatable bonds is 1. The van der Waals surface area contributed by atoms with Crippen molar-refractivity contribution in [3.05, 3.63) is 34.3 Å². The van der Waals surface area contributed by atoms with Gasteiger partial charge < -0.3 is 5.73 Å². The molecule has 1 aromatic carbocycles. The van der Waals surface area contributed by atoms with E-state index in [-0.39, 0.29) is 11.0 Å². The summed E-state index contributed by atoms with van der Waals surface area (Å²) >= 11 is 6.19. The average molecular weight is 238 g/mol. The summed E-state index contributed by atoms with van der Waals surface area (Å²) in [5.41, 5.74) is 8.86. The van der Waals surface area contributed by atoms with Crippen LogP contribution in [0.4, 0.5) is 0 Å². The first-order valence-corrected chi connectivity index (χ1v) is 6.30. The highest BCUT2D eigenvalue weighted by atomic mass is 35.5. The molecule has 1 aliphatic rings. The normalized spacial score (nSPS) is 28.3. The monoisotopic (exact) mass is 237 g/mol. The van der Waals surface area contributed by atoms with Gasteiger partial charge in [-0.15, -0.1) is 0 Å². The Bertz CT molecular complexity index is 411. The first kappa shape index (κ1) is 11.9. The van der Waals surface area contributed by atoms with E-state index in [1.54, 1.807) is 0 Å². The fourth-order valence-corrected chi connectivity index (χ4v) is 2.96. The van der Waals surface area contributed by atoms with Crippen molar-refractivity contribution in [3.63, 3.8) is 0 Å². The minimum absolute atomic E-state index is 0.158. The molecule has 0 radical (unpaired) electrons. The third-order valence-corrected chi connectivity index (χ3v) is 4.67. The van der Waals surface area contributed by atoms with Gasteiger partial charge in [0.2, 0.25) is 0 Å². The molecule has 1 fully saturated rings. The van der Waals surface area contributed by atoms with Gasteiger partial charge in [0, 0.05) is 10.6 Å². The van der Waals surface area contributed by atoms with E-state index >= 15 is 0 Å². The van der Waals surface area contributed by atoms with Gasteiger partial charge in [0.25, 0.3) is 0 Å². The van der Waals surface area contributed by atoms with Gasteiger partial charge in [-0.25, -0.2) is 0 Å². The van der Waals surface area contributed by atoms with Gasteiger partial charge in [0.05, 0.1) is 0 Å². The molecule has 1 nitrogen and oxygen atoms in total. The summed E-state index contributed by atoms with van der Waals surface area (Å²) in [7, 11) is 0. The third kappa shape index (κ3) is 1.66. The van der Waals surface area contributed by atoms with E-state index in [0.29, 0.717) is 0 Å². The van der Waals surface area contributed by atoms with Crippen molar-refractivity contribution in [2.45, 2.75) is 45.6 Å². The van der Waals surface area contributed by atoms with Gasteiger partial charge in [-0.05, 0) is 42.4 Å². The molecule has 1 aliphatic carbocycles. The molecule has 0 spiro atoms. The maximum absolute atomic E-state index is 6.62. The van der Waals surface area contributed by atoms with E-state index < -0.39 is 0 Å². The molecule has 0 saturated heterocycles. The van der Waals surface area contributed by atoms with Crippen LogP contribution in [0.25, 0.3) is 0 Å². The summed E-state index contributed by atoms with van der Waals surface area (Å²) in [5.74, 6) is 0. The second-order valence-electron chi connectivity index (χ2n) is 5.67. The molecule has 1 atom stereocenters. The zero-order chi connectivity index (χ0) is 12.0. The smallest absolute Gasteiger partial charge is 0.0461 e. The Morgan fingerprint density at radius 2 is 1.94 bits per heavy atom. The van der Waals surface area contributed by atoms with Crippen LogP contribution in [0.3, 0.4) is 0 Å². The Morgan fingerprint density at radius 3 is 2.44 bits per heavy atom. The Balaban J connectivity index is 2.47. The molecule has 2 N–H and O–H groups in total. The second-order valence-corrected chi connectivity index (χ2v) is 6.08. The van der Waals surface area contributed by atoms with Crippen molar-refractivity contribution >= 4 is 11.6 Å². The van der Waals surface area contributed by atoms with E-state index in [2.05, 4.69) is 26.0 Å². The van der Waals surface area contributed by atoms with Crippen LogP contribution in [-0.2, 0) is 5.54 Å². The van der Waals surface area contributed by atoms with Crippen LogP contribution >= 0.6 is 11.6 Å². The van der Waals surface area contributed by atoms with Crippen molar-refractivity contribution in [1.82, 2.24) is 0 Å². The molecule has 0 bridgehead atoms. The maximum Gasteiger partial charge on any atom is 0.0461 e. The van der Waals surface area contributed by atoms with Crippen LogP contribution in [0.1, 0.15) is 44.2 Å². The molecule has 1 unspecified atom stereocenters. The molecule has 0 aliphatic heterocycles. The van der Waals surface area contributed by atoms with E-state index in [4.69, 9.17) is 17.3 Å². The highest BCUT2D eigenvalue weighted by molar-refractivity contribution is 6.31.